The number of ether oxygens (including phenoxy) is 4. The number of likely N-dealkylation sites (N-methyl/N-ethyl adjacent to an activating group) is 1. The molecule has 3 aromatic rings. The Kier molecular flexibility index (Phi) is 2.89. The first-order valence-electron chi connectivity index (χ1n) is 8.89. The van der Waals surface area contributed by atoms with E-state index in [0.717, 1.165) is 56.1 Å². The highest BCUT2D eigenvalue weighted by Gasteiger charge is 2.35. The highest BCUT2D eigenvalue weighted by Crippen LogP contribution is 2.54. The zero-order chi connectivity index (χ0) is 18.1. The van der Waals surface area contributed by atoms with E-state index in [9.17, 15) is 5.11 Å². The van der Waals surface area contributed by atoms with Crippen LogP contribution in [0.3, 0.4) is 0 Å². The van der Waals surface area contributed by atoms with Gasteiger partial charge in [-0.05, 0) is 35.2 Å². The van der Waals surface area contributed by atoms with Crippen LogP contribution in [-0.4, -0.2) is 32.3 Å². The summed E-state index contributed by atoms with van der Waals surface area (Å²) >= 11 is 0. The van der Waals surface area contributed by atoms with Crippen LogP contribution in [0.4, 0.5) is 5.69 Å². The van der Waals surface area contributed by atoms with Gasteiger partial charge in [-0.3, -0.25) is 0 Å². The fraction of sp³-hybridized carbons (Fsp3) is 0.238. The molecule has 0 unspecified atom stereocenters. The van der Waals surface area contributed by atoms with Crippen molar-refractivity contribution < 1.29 is 24.1 Å². The molecule has 3 aliphatic rings. The smallest absolute Gasteiger partial charge is 0.231 e. The van der Waals surface area contributed by atoms with Crippen molar-refractivity contribution in [3.8, 4) is 34.1 Å². The monoisotopic (exact) mass is 363 g/mol. The number of fused-ring (bicyclic) bond motifs is 8. The molecule has 6 heteroatoms. The summed E-state index contributed by atoms with van der Waals surface area (Å²) in [5.74, 6) is 2.98. The molecule has 1 atom stereocenters. The lowest BCUT2D eigenvalue weighted by molar-refractivity contribution is 0.172. The second-order valence-corrected chi connectivity index (χ2v) is 6.96. The van der Waals surface area contributed by atoms with E-state index in [2.05, 4.69) is 23.1 Å². The van der Waals surface area contributed by atoms with Crippen molar-refractivity contribution in [3.05, 3.63) is 42.0 Å². The van der Waals surface area contributed by atoms with E-state index in [4.69, 9.17) is 18.9 Å². The van der Waals surface area contributed by atoms with Gasteiger partial charge in [0.1, 0.15) is 0 Å². The minimum Gasteiger partial charge on any atom is -0.454 e. The van der Waals surface area contributed by atoms with Gasteiger partial charge in [-0.2, -0.15) is 0 Å². The molecule has 0 saturated carbocycles. The van der Waals surface area contributed by atoms with E-state index in [1.807, 2.05) is 25.2 Å². The van der Waals surface area contributed by atoms with E-state index >= 15 is 0 Å². The Morgan fingerprint density at radius 3 is 2.52 bits per heavy atom. The van der Waals surface area contributed by atoms with Crippen LogP contribution >= 0.6 is 0 Å². The van der Waals surface area contributed by atoms with Crippen molar-refractivity contribution in [2.24, 2.45) is 0 Å². The van der Waals surface area contributed by atoms with Crippen LogP contribution in [-0.2, 0) is 0 Å². The van der Waals surface area contributed by atoms with Gasteiger partial charge in [0.25, 0.3) is 0 Å². The molecule has 0 amide bonds. The third kappa shape index (κ3) is 1.88. The van der Waals surface area contributed by atoms with E-state index in [1.54, 1.807) is 0 Å². The predicted octanol–water partition coefficient (Wildman–Crippen LogP) is 3.45. The average molecular weight is 363 g/mol. The highest BCUT2D eigenvalue weighted by atomic mass is 16.7. The van der Waals surface area contributed by atoms with Crippen LogP contribution in [0.5, 0.6) is 23.0 Å². The minimum atomic E-state index is -0.222. The van der Waals surface area contributed by atoms with Gasteiger partial charge < -0.3 is 29.0 Å². The molecule has 1 N–H and O–H groups in total. The van der Waals surface area contributed by atoms with Crippen molar-refractivity contribution in [2.45, 2.75) is 6.04 Å². The molecule has 0 bridgehead atoms. The van der Waals surface area contributed by atoms with Gasteiger partial charge in [-0.15, -0.1) is 0 Å². The maximum atomic E-state index is 10.2. The fourth-order valence-corrected chi connectivity index (χ4v) is 4.42. The van der Waals surface area contributed by atoms with E-state index < -0.39 is 0 Å². The molecule has 0 fully saturated rings. The Bertz CT molecular complexity index is 1110. The van der Waals surface area contributed by atoms with Crippen molar-refractivity contribution >= 4 is 16.5 Å². The van der Waals surface area contributed by atoms with Crippen LogP contribution in [0.1, 0.15) is 11.6 Å². The molecule has 0 spiro atoms. The second kappa shape index (κ2) is 5.20. The molecule has 0 aromatic heterocycles. The Balaban J connectivity index is 1.68. The number of hydrogen-bond acceptors (Lipinski definition) is 6. The molecule has 0 radical (unpaired) electrons. The molecule has 3 heterocycles. The summed E-state index contributed by atoms with van der Waals surface area (Å²) in [5, 5.41) is 12.4. The maximum absolute atomic E-state index is 10.2. The van der Waals surface area contributed by atoms with Gasteiger partial charge in [0, 0.05) is 23.6 Å². The van der Waals surface area contributed by atoms with Crippen LogP contribution in [0.15, 0.2) is 36.4 Å². The molecule has 0 aliphatic carbocycles. The normalized spacial score (nSPS) is 18.6. The molecular formula is C21H17NO5. The molecule has 3 aromatic carbocycles. The van der Waals surface area contributed by atoms with E-state index in [1.165, 1.54) is 0 Å². The summed E-state index contributed by atoms with van der Waals surface area (Å²) in [5.41, 5.74) is 4.20. The van der Waals surface area contributed by atoms with Crippen molar-refractivity contribution in [3.63, 3.8) is 0 Å². The topological polar surface area (TPSA) is 60.4 Å². The summed E-state index contributed by atoms with van der Waals surface area (Å²) in [6, 6.07) is 12.0. The molecule has 3 aliphatic heterocycles. The fourth-order valence-electron chi connectivity index (χ4n) is 4.42. The SMILES string of the molecule is CN1c2c(ccc3cc4c(cc23)OCO4)-c2ccc3c(c2[C@@H]1CO)OCO3. The van der Waals surface area contributed by atoms with Crippen molar-refractivity contribution in [2.75, 3.05) is 32.1 Å². The second-order valence-electron chi connectivity index (χ2n) is 6.96. The standard InChI is InChI=1S/C21H17NO5/c1-22-15(8-23)19-12(4-5-16-21(19)27-10-24-16)13-3-2-11-6-17-18(26-9-25-17)7-14(11)20(13)22/h2-7,15,23H,8-10H2,1H3/t15-/m0/s1. The zero-order valence-electron chi connectivity index (χ0n) is 14.7. The van der Waals surface area contributed by atoms with Gasteiger partial charge in [0.05, 0.1) is 18.3 Å². The molecule has 6 nitrogen and oxygen atoms in total. The van der Waals surface area contributed by atoms with Gasteiger partial charge in [0.15, 0.2) is 23.0 Å². The summed E-state index contributed by atoms with van der Waals surface area (Å²) in [6.07, 6.45) is 0. The summed E-state index contributed by atoms with van der Waals surface area (Å²) < 4.78 is 22.4. The molecule has 136 valence electrons. The van der Waals surface area contributed by atoms with Gasteiger partial charge in [0.2, 0.25) is 13.6 Å². The van der Waals surface area contributed by atoms with Crippen LogP contribution in [0.2, 0.25) is 0 Å². The average Bonchev–Trinajstić information content (AvgIpc) is 3.34. The summed E-state index contributed by atoms with van der Waals surface area (Å²) in [7, 11) is 2.00. The van der Waals surface area contributed by atoms with Crippen LogP contribution < -0.4 is 23.8 Å². The van der Waals surface area contributed by atoms with Gasteiger partial charge in [-0.25, -0.2) is 0 Å². The Morgan fingerprint density at radius 2 is 1.67 bits per heavy atom. The highest BCUT2D eigenvalue weighted by molar-refractivity contribution is 6.05. The quantitative estimate of drug-likeness (QED) is 0.715. The lowest BCUT2D eigenvalue weighted by atomic mass is 9.85. The number of nitrogens with zero attached hydrogens (tertiary/aromatic N) is 1. The van der Waals surface area contributed by atoms with Gasteiger partial charge >= 0.3 is 0 Å². The molecule has 6 rings (SSSR count). The van der Waals surface area contributed by atoms with Crippen molar-refractivity contribution in [1.82, 2.24) is 0 Å². The maximum Gasteiger partial charge on any atom is 0.231 e. The predicted molar refractivity (Wildman–Crippen MR) is 99.9 cm³/mol. The van der Waals surface area contributed by atoms with Crippen LogP contribution in [0.25, 0.3) is 21.9 Å². The number of aliphatic hydroxyl groups excluding tert-OH is 1. The first kappa shape index (κ1) is 15.0. The van der Waals surface area contributed by atoms with Crippen LogP contribution in [0, 0.1) is 0 Å². The minimum absolute atomic E-state index is 0.0241. The van der Waals surface area contributed by atoms with E-state index in [0.29, 0.717) is 0 Å². The zero-order valence-corrected chi connectivity index (χ0v) is 14.7. The Hall–Kier alpha value is -3.12. The van der Waals surface area contributed by atoms with Gasteiger partial charge in [-0.1, -0.05) is 12.1 Å². The first-order chi connectivity index (χ1) is 13.3. The Labute approximate surface area is 155 Å². The largest absolute Gasteiger partial charge is 0.454 e. The third-order valence-corrected chi connectivity index (χ3v) is 5.68. The lowest BCUT2D eigenvalue weighted by Gasteiger charge is -2.38. The molecular weight excluding hydrogens is 346 g/mol. The molecule has 0 saturated heterocycles. The van der Waals surface area contributed by atoms with Crippen molar-refractivity contribution in [1.29, 1.82) is 0 Å². The number of anilines is 1. The number of hydrogen-bond donors (Lipinski definition) is 1. The number of aliphatic hydroxyl groups is 1. The third-order valence-electron chi connectivity index (χ3n) is 5.68. The lowest BCUT2D eigenvalue weighted by Crippen LogP contribution is -2.31. The molecule has 27 heavy (non-hydrogen) atoms. The summed E-state index contributed by atoms with van der Waals surface area (Å²) in [4.78, 5) is 2.12. The van der Waals surface area contributed by atoms with E-state index in [-0.39, 0.29) is 26.2 Å². The number of rotatable bonds is 1. The number of benzene rings is 3. The Morgan fingerprint density at radius 1 is 0.926 bits per heavy atom. The summed E-state index contributed by atoms with van der Waals surface area (Å²) in [6.45, 7) is 0.431. The first-order valence-corrected chi connectivity index (χ1v) is 8.89.